The smallest absolute Gasteiger partial charge is 0.345 e. The molecule has 2 heterocycles. The molecule has 0 radical (unpaired) electrons. The van der Waals surface area contributed by atoms with Crippen LogP contribution in [0.1, 0.15) is 17.3 Å². The summed E-state index contributed by atoms with van der Waals surface area (Å²) >= 11 is 3.45. The Labute approximate surface area is 133 Å². The Hall–Kier alpha value is -2.41. The lowest BCUT2D eigenvalue weighted by Gasteiger charge is -2.09. The molecule has 2 aromatic heterocycles. The summed E-state index contributed by atoms with van der Waals surface area (Å²) in [6.07, 6.45) is 2.80. The van der Waals surface area contributed by atoms with E-state index >= 15 is 0 Å². The lowest BCUT2D eigenvalue weighted by atomic mass is 10.1. The number of nitrogens with two attached hydrogens (primary N) is 1. The number of esters is 1. The number of hydrogen-bond donors (Lipinski definition) is 1. The van der Waals surface area contributed by atoms with E-state index in [1.807, 2.05) is 6.07 Å². The molecule has 1 aromatic carbocycles. The largest absolute Gasteiger partial charge is 0.462 e. The Morgan fingerprint density at radius 1 is 1.41 bits per heavy atom. The number of nitrogen functional groups attached to an aromatic ring is 1. The van der Waals surface area contributed by atoms with Gasteiger partial charge in [-0.3, -0.25) is 9.20 Å². The Bertz CT molecular complexity index is 966. The van der Waals surface area contributed by atoms with Crippen molar-refractivity contribution in [3.8, 4) is 0 Å². The summed E-state index contributed by atoms with van der Waals surface area (Å²) < 4.78 is 7.02. The summed E-state index contributed by atoms with van der Waals surface area (Å²) in [5.74, 6) is -0.684. The van der Waals surface area contributed by atoms with Crippen molar-refractivity contribution in [1.29, 1.82) is 0 Å². The van der Waals surface area contributed by atoms with Crippen LogP contribution in [0.15, 0.2) is 39.9 Å². The number of hydrogen-bond acceptors (Lipinski definition) is 5. The molecular formula is C15H12BrN3O3. The zero-order chi connectivity index (χ0) is 15.9. The van der Waals surface area contributed by atoms with E-state index in [2.05, 4.69) is 20.9 Å². The number of anilines is 1. The molecule has 22 heavy (non-hydrogen) atoms. The van der Waals surface area contributed by atoms with Gasteiger partial charge in [-0.1, -0.05) is 15.9 Å². The second-order valence-electron chi connectivity index (χ2n) is 4.63. The molecule has 0 aliphatic carbocycles. The van der Waals surface area contributed by atoms with Gasteiger partial charge in [0.2, 0.25) is 0 Å². The highest BCUT2D eigenvalue weighted by Crippen LogP contribution is 2.30. The number of aromatic nitrogens is 2. The Kier molecular flexibility index (Phi) is 3.58. The molecule has 0 bridgehead atoms. The molecule has 7 heteroatoms. The molecule has 0 saturated carbocycles. The quantitative estimate of drug-likeness (QED) is 0.430. The minimum atomic E-state index is -0.684. The summed E-state index contributed by atoms with van der Waals surface area (Å²) in [4.78, 5) is 28.5. The molecular weight excluding hydrogens is 350 g/mol. The average molecular weight is 362 g/mol. The molecule has 0 unspecified atom stereocenters. The zero-order valence-electron chi connectivity index (χ0n) is 11.7. The van der Waals surface area contributed by atoms with E-state index in [9.17, 15) is 9.59 Å². The van der Waals surface area contributed by atoms with E-state index in [4.69, 9.17) is 10.5 Å². The van der Waals surface area contributed by atoms with Crippen LogP contribution in [0.3, 0.4) is 0 Å². The van der Waals surface area contributed by atoms with Gasteiger partial charge in [-0.2, -0.15) is 0 Å². The van der Waals surface area contributed by atoms with Gasteiger partial charge in [0.15, 0.2) is 0 Å². The number of halogens is 1. The standard InChI is InChI=1S/C15H12BrN3O3/c1-2-22-15(21)9-7-18-13-12-8(5-6-19(13)14(9)20)10(16)3-4-11(12)17/h3-7H,2,17H2,1H3. The van der Waals surface area contributed by atoms with Gasteiger partial charge in [0.25, 0.3) is 5.56 Å². The number of nitrogens with zero attached hydrogens (tertiary/aromatic N) is 2. The predicted molar refractivity (Wildman–Crippen MR) is 87.0 cm³/mol. The highest BCUT2D eigenvalue weighted by Gasteiger charge is 2.16. The third kappa shape index (κ3) is 2.14. The van der Waals surface area contributed by atoms with Crippen molar-refractivity contribution >= 4 is 44.0 Å². The number of rotatable bonds is 2. The van der Waals surface area contributed by atoms with E-state index in [-0.39, 0.29) is 12.2 Å². The SMILES string of the molecule is CCOC(=O)c1cnc2c3c(N)ccc(Br)c3ccn2c1=O. The summed E-state index contributed by atoms with van der Waals surface area (Å²) in [6.45, 7) is 1.87. The first-order chi connectivity index (χ1) is 10.5. The molecule has 0 atom stereocenters. The first kappa shape index (κ1) is 14.5. The molecule has 0 aliphatic rings. The van der Waals surface area contributed by atoms with Crippen LogP contribution in [0.2, 0.25) is 0 Å². The first-order valence-corrected chi connectivity index (χ1v) is 7.39. The minimum Gasteiger partial charge on any atom is -0.462 e. The molecule has 0 aliphatic heterocycles. The van der Waals surface area contributed by atoms with Crippen molar-refractivity contribution in [2.75, 3.05) is 12.3 Å². The fraction of sp³-hybridized carbons (Fsp3) is 0.133. The Morgan fingerprint density at radius 2 is 2.18 bits per heavy atom. The monoisotopic (exact) mass is 361 g/mol. The van der Waals surface area contributed by atoms with Crippen LogP contribution in [0.25, 0.3) is 16.4 Å². The predicted octanol–water partition coefficient (Wildman–Crippen LogP) is 2.37. The lowest BCUT2D eigenvalue weighted by molar-refractivity contribution is 0.0523. The van der Waals surface area contributed by atoms with Gasteiger partial charge in [0, 0.05) is 33.3 Å². The van der Waals surface area contributed by atoms with Crippen molar-refractivity contribution in [1.82, 2.24) is 9.38 Å². The van der Waals surface area contributed by atoms with Crippen LogP contribution < -0.4 is 11.3 Å². The van der Waals surface area contributed by atoms with Crippen molar-refractivity contribution in [3.05, 3.63) is 51.0 Å². The summed E-state index contributed by atoms with van der Waals surface area (Å²) in [5.41, 5.74) is 6.34. The lowest BCUT2D eigenvalue weighted by Crippen LogP contribution is -2.24. The number of fused-ring (bicyclic) bond motifs is 3. The van der Waals surface area contributed by atoms with E-state index in [0.29, 0.717) is 16.7 Å². The third-order valence-electron chi connectivity index (χ3n) is 3.33. The maximum atomic E-state index is 12.5. The number of carbonyl (C=O) groups excluding carboxylic acids is 1. The number of pyridine rings is 1. The number of carbonyl (C=O) groups is 1. The highest BCUT2D eigenvalue weighted by atomic mass is 79.9. The van der Waals surface area contributed by atoms with Gasteiger partial charge in [-0.05, 0) is 25.1 Å². The zero-order valence-corrected chi connectivity index (χ0v) is 13.3. The third-order valence-corrected chi connectivity index (χ3v) is 4.02. The van der Waals surface area contributed by atoms with Gasteiger partial charge in [0.05, 0.1) is 6.61 Å². The van der Waals surface area contributed by atoms with Gasteiger partial charge in [-0.15, -0.1) is 0 Å². The molecule has 112 valence electrons. The van der Waals surface area contributed by atoms with Crippen LogP contribution in [-0.2, 0) is 4.74 Å². The summed E-state index contributed by atoms with van der Waals surface area (Å²) in [6, 6.07) is 5.32. The van der Waals surface area contributed by atoms with E-state index in [1.165, 1.54) is 10.6 Å². The number of benzene rings is 1. The topological polar surface area (TPSA) is 86.7 Å². The second kappa shape index (κ2) is 5.42. The molecule has 2 N–H and O–H groups in total. The fourth-order valence-corrected chi connectivity index (χ4v) is 2.78. The molecule has 6 nitrogen and oxygen atoms in total. The van der Waals surface area contributed by atoms with Crippen LogP contribution >= 0.6 is 15.9 Å². The molecule has 0 saturated heterocycles. The summed E-state index contributed by atoms with van der Waals surface area (Å²) in [7, 11) is 0. The Morgan fingerprint density at radius 3 is 2.91 bits per heavy atom. The fourth-order valence-electron chi connectivity index (χ4n) is 2.31. The van der Waals surface area contributed by atoms with Crippen molar-refractivity contribution < 1.29 is 9.53 Å². The van der Waals surface area contributed by atoms with Gasteiger partial charge >= 0.3 is 5.97 Å². The molecule has 3 aromatic rings. The van der Waals surface area contributed by atoms with Crippen LogP contribution in [0.5, 0.6) is 0 Å². The molecule has 0 amide bonds. The molecule has 0 spiro atoms. The van der Waals surface area contributed by atoms with Crippen LogP contribution in [0, 0.1) is 0 Å². The van der Waals surface area contributed by atoms with E-state index in [1.54, 1.807) is 25.3 Å². The van der Waals surface area contributed by atoms with Crippen LogP contribution in [-0.4, -0.2) is 22.0 Å². The van der Waals surface area contributed by atoms with Crippen molar-refractivity contribution in [3.63, 3.8) is 0 Å². The summed E-state index contributed by atoms with van der Waals surface area (Å²) in [5, 5.41) is 1.50. The maximum absolute atomic E-state index is 12.5. The highest BCUT2D eigenvalue weighted by molar-refractivity contribution is 9.10. The van der Waals surface area contributed by atoms with Gasteiger partial charge < -0.3 is 10.5 Å². The van der Waals surface area contributed by atoms with Gasteiger partial charge in [-0.25, -0.2) is 9.78 Å². The first-order valence-electron chi connectivity index (χ1n) is 6.59. The maximum Gasteiger partial charge on any atom is 0.345 e. The molecule has 3 rings (SSSR count). The average Bonchev–Trinajstić information content (AvgIpc) is 2.51. The molecule has 0 fully saturated rings. The van der Waals surface area contributed by atoms with Crippen molar-refractivity contribution in [2.24, 2.45) is 0 Å². The normalized spacial score (nSPS) is 11.0. The minimum absolute atomic E-state index is 0.104. The Balaban J connectivity index is 2.39. The van der Waals surface area contributed by atoms with E-state index < -0.39 is 11.5 Å². The van der Waals surface area contributed by atoms with Gasteiger partial charge in [0.1, 0.15) is 11.2 Å². The second-order valence-corrected chi connectivity index (χ2v) is 5.49. The van der Waals surface area contributed by atoms with Crippen molar-refractivity contribution in [2.45, 2.75) is 6.92 Å². The van der Waals surface area contributed by atoms with Crippen LogP contribution in [0.4, 0.5) is 5.69 Å². The number of ether oxygens (including phenoxy) is 1. The van der Waals surface area contributed by atoms with E-state index in [0.717, 1.165) is 9.86 Å².